The molecule has 0 aliphatic carbocycles. The highest BCUT2D eigenvalue weighted by Gasteiger charge is 2.05. The Labute approximate surface area is 99.8 Å². The summed E-state index contributed by atoms with van der Waals surface area (Å²) in [6.07, 6.45) is 4.73. The second-order valence-corrected chi connectivity index (χ2v) is 5.77. The van der Waals surface area contributed by atoms with Gasteiger partial charge >= 0.3 is 0 Å². The molecular formula is C11H13N3O2S. The molecule has 0 amide bonds. The predicted molar refractivity (Wildman–Crippen MR) is 65.5 cm³/mol. The van der Waals surface area contributed by atoms with Gasteiger partial charge in [0.05, 0.1) is 11.1 Å². The molecule has 0 fully saturated rings. The summed E-state index contributed by atoms with van der Waals surface area (Å²) in [5, 5.41) is 9.73. The number of H-pyrrole nitrogens is 1. The first-order valence-electron chi connectivity index (χ1n) is 5.07. The van der Waals surface area contributed by atoms with Gasteiger partial charge in [0.25, 0.3) is 0 Å². The Bertz CT molecular complexity index is 574. The van der Waals surface area contributed by atoms with E-state index in [-0.39, 0.29) is 0 Å². The Kier molecular flexibility index (Phi) is 3.14. The molecule has 0 atom stereocenters. The zero-order valence-electron chi connectivity index (χ0n) is 9.34. The number of anilines is 1. The van der Waals surface area contributed by atoms with Gasteiger partial charge in [0, 0.05) is 30.2 Å². The van der Waals surface area contributed by atoms with Crippen LogP contribution < -0.4 is 5.32 Å². The number of nitrogens with zero attached hydrogens (tertiary/aromatic N) is 1. The minimum Gasteiger partial charge on any atom is -0.381 e. The molecule has 5 nitrogen and oxygen atoms in total. The van der Waals surface area contributed by atoms with Crippen molar-refractivity contribution in [2.24, 2.45) is 0 Å². The molecule has 1 heterocycles. The van der Waals surface area contributed by atoms with Crippen LogP contribution in [-0.4, -0.2) is 24.9 Å². The second-order valence-electron chi connectivity index (χ2n) is 3.76. The van der Waals surface area contributed by atoms with Gasteiger partial charge in [0.2, 0.25) is 0 Å². The predicted octanol–water partition coefficient (Wildman–Crippen LogP) is 1.43. The number of hydrogen-bond donors (Lipinski definition) is 2. The number of benzene rings is 1. The first kappa shape index (κ1) is 11.7. The lowest BCUT2D eigenvalue weighted by molar-refractivity contribution is 0.602. The maximum atomic E-state index is 11.3. The minimum atomic E-state index is -3.12. The van der Waals surface area contributed by atoms with Gasteiger partial charge in [-0.3, -0.25) is 5.10 Å². The van der Waals surface area contributed by atoms with Crippen molar-refractivity contribution >= 4 is 15.5 Å². The molecule has 90 valence electrons. The van der Waals surface area contributed by atoms with E-state index in [1.54, 1.807) is 36.7 Å². The summed E-state index contributed by atoms with van der Waals surface area (Å²) in [5.74, 6) is 0. The molecular weight excluding hydrogens is 238 g/mol. The summed E-state index contributed by atoms with van der Waals surface area (Å²) in [5.41, 5.74) is 1.91. The van der Waals surface area contributed by atoms with Gasteiger partial charge in [-0.15, -0.1) is 0 Å². The van der Waals surface area contributed by atoms with Crippen molar-refractivity contribution in [1.82, 2.24) is 10.2 Å². The van der Waals surface area contributed by atoms with Gasteiger partial charge in [-0.2, -0.15) is 5.10 Å². The van der Waals surface area contributed by atoms with Crippen molar-refractivity contribution in [2.75, 3.05) is 11.6 Å². The summed E-state index contributed by atoms with van der Waals surface area (Å²) in [6, 6.07) is 6.67. The average Bonchev–Trinajstić information content (AvgIpc) is 2.78. The lowest BCUT2D eigenvalue weighted by Crippen LogP contribution is -2.00. The maximum absolute atomic E-state index is 11.3. The van der Waals surface area contributed by atoms with Crippen molar-refractivity contribution in [3.05, 3.63) is 42.2 Å². The van der Waals surface area contributed by atoms with Crippen LogP contribution in [-0.2, 0) is 16.4 Å². The number of aromatic nitrogens is 2. The third-order valence-corrected chi connectivity index (χ3v) is 3.46. The molecule has 0 aliphatic heterocycles. The van der Waals surface area contributed by atoms with Crippen LogP contribution in [0.25, 0.3) is 0 Å². The van der Waals surface area contributed by atoms with E-state index in [2.05, 4.69) is 15.5 Å². The third kappa shape index (κ3) is 3.07. The van der Waals surface area contributed by atoms with Crippen LogP contribution in [0.4, 0.5) is 5.69 Å². The van der Waals surface area contributed by atoms with Gasteiger partial charge < -0.3 is 5.32 Å². The standard InChI is InChI=1S/C11H13N3O2S/c1-17(15,16)11-4-2-10(3-5-11)12-6-9-7-13-14-8-9/h2-5,7-8,12H,6H2,1H3,(H,13,14). The fraction of sp³-hybridized carbons (Fsp3) is 0.182. The molecule has 0 bridgehead atoms. The van der Waals surface area contributed by atoms with Crippen LogP contribution in [0.15, 0.2) is 41.6 Å². The van der Waals surface area contributed by atoms with Gasteiger partial charge in [0.1, 0.15) is 0 Å². The van der Waals surface area contributed by atoms with E-state index < -0.39 is 9.84 Å². The molecule has 0 spiro atoms. The van der Waals surface area contributed by atoms with Crippen molar-refractivity contribution < 1.29 is 8.42 Å². The van der Waals surface area contributed by atoms with Gasteiger partial charge in [-0.05, 0) is 24.3 Å². The van der Waals surface area contributed by atoms with E-state index in [9.17, 15) is 8.42 Å². The number of rotatable bonds is 4. The molecule has 0 unspecified atom stereocenters. The smallest absolute Gasteiger partial charge is 0.175 e. The van der Waals surface area contributed by atoms with Crippen molar-refractivity contribution in [3.63, 3.8) is 0 Å². The van der Waals surface area contributed by atoms with Gasteiger partial charge in [0.15, 0.2) is 9.84 Å². The molecule has 0 saturated heterocycles. The average molecular weight is 251 g/mol. The highest BCUT2D eigenvalue weighted by atomic mass is 32.2. The first-order valence-corrected chi connectivity index (χ1v) is 6.96. The summed E-state index contributed by atoms with van der Waals surface area (Å²) < 4.78 is 22.5. The highest BCUT2D eigenvalue weighted by Crippen LogP contribution is 2.14. The topological polar surface area (TPSA) is 74.8 Å². The Morgan fingerprint density at radius 1 is 1.29 bits per heavy atom. The van der Waals surface area contributed by atoms with Crippen molar-refractivity contribution in [3.8, 4) is 0 Å². The molecule has 2 N–H and O–H groups in total. The summed E-state index contributed by atoms with van der Waals surface area (Å²) in [7, 11) is -3.12. The van der Waals surface area contributed by atoms with Crippen molar-refractivity contribution in [1.29, 1.82) is 0 Å². The first-order chi connectivity index (χ1) is 8.05. The third-order valence-electron chi connectivity index (χ3n) is 2.33. The van der Waals surface area contributed by atoms with Crippen LogP contribution in [0.5, 0.6) is 0 Å². The fourth-order valence-corrected chi connectivity index (χ4v) is 2.03. The Morgan fingerprint density at radius 3 is 2.53 bits per heavy atom. The van der Waals surface area contributed by atoms with Crippen LogP contribution in [0, 0.1) is 0 Å². The molecule has 0 aliphatic rings. The number of hydrogen-bond acceptors (Lipinski definition) is 4. The second kappa shape index (κ2) is 4.58. The minimum absolute atomic E-state index is 0.325. The molecule has 6 heteroatoms. The van der Waals surface area contributed by atoms with E-state index in [4.69, 9.17) is 0 Å². The molecule has 2 rings (SSSR count). The Balaban J connectivity index is 2.04. The van der Waals surface area contributed by atoms with Crippen LogP contribution in [0.1, 0.15) is 5.56 Å². The number of aromatic amines is 1. The monoisotopic (exact) mass is 251 g/mol. The molecule has 0 saturated carbocycles. The van der Waals surface area contributed by atoms with E-state index in [1.165, 1.54) is 6.26 Å². The zero-order chi connectivity index (χ0) is 12.3. The summed E-state index contributed by atoms with van der Waals surface area (Å²) >= 11 is 0. The SMILES string of the molecule is CS(=O)(=O)c1ccc(NCc2cn[nH]c2)cc1. The van der Waals surface area contributed by atoms with E-state index >= 15 is 0 Å². The van der Waals surface area contributed by atoms with Crippen LogP contribution in [0.2, 0.25) is 0 Å². The molecule has 0 radical (unpaired) electrons. The van der Waals surface area contributed by atoms with Crippen LogP contribution >= 0.6 is 0 Å². The van der Waals surface area contributed by atoms with E-state index in [0.29, 0.717) is 11.4 Å². The molecule has 17 heavy (non-hydrogen) atoms. The Morgan fingerprint density at radius 2 is 2.00 bits per heavy atom. The summed E-state index contributed by atoms with van der Waals surface area (Å²) in [6.45, 7) is 0.648. The largest absolute Gasteiger partial charge is 0.381 e. The van der Waals surface area contributed by atoms with E-state index in [1.807, 2.05) is 0 Å². The lowest BCUT2D eigenvalue weighted by Gasteiger charge is -2.05. The molecule has 2 aromatic rings. The molecule has 1 aromatic carbocycles. The van der Waals surface area contributed by atoms with Gasteiger partial charge in [-0.25, -0.2) is 8.42 Å². The van der Waals surface area contributed by atoms with Gasteiger partial charge in [-0.1, -0.05) is 0 Å². The number of sulfone groups is 1. The Hall–Kier alpha value is -1.82. The van der Waals surface area contributed by atoms with E-state index in [0.717, 1.165) is 11.3 Å². The maximum Gasteiger partial charge on any atom is 0.175 e. The molecule has 1 aromatic heterocycles. The van der Waals surface area contributed by atoms with Crippen molar-refractivity contribution in [2.45, 2.75) is 11.4 Å². The van der Waals surface area contributed by atoms with Crippen LogP contribution in [0.3, 0.4) is 0 Å². The fourth-order valence-electron chi connectivity index (χ4n) is 1.40. The zero-order valence-corrected chi connectivity index (χ0v) is 10.2. The summed E-state index contributed by atoms with van der Waals surface area (Å²) in [4.78, 5) is 0.325. The number of nitrogens with one attached hydrogen (secondary N) is 2. The quantitative estimate of drug-likeness (QED) is 0.862. The highest BCUT2D eigenvalue weighted by molar-refractivity contribution is 7.90. The normalized spacial score (nSPS) is 11.4. The lowest BCUT2D eigenvalue weighted by atomic mass is 10.3.